The molecule has 0 aliphatic heterocycles. The molecule has 0 aromatic rings. The van der Waals surface area contributed by atoms with Crippen LogP contribution >= 0.6 is 0 Å². The fraction of sp³-hybridized carbons (Fsp3) is 0. The summed E-state index contributed by atoms with van der Waals surface area (Å²) in [6, 6.07) is 0. The van der Waals surface area contributed by atoms with E-state index in [0.717, 1.165) is 0 Å². The van der Waals surface area contributed by atoms with Gasteiger partial charge >= 0.3 is 122 Å². The zero-order chi connectivity index (χ0) is 8.69. The SMILES string of the molecule is O.O.O.O.O.O=BOB([O-])OB([O-])OB=O.[Na+].[Na+]. The van der Waals surface area contributed by atoms with Gasteiger partial charge in [0.1, 0.15) is 0 Å². The van der Waals surface area contributed by atoms with Gasteiger partial charge in [-0.3, -0.25) is 0 Å². The van der Waals surface area contributed by atoms with Crippen molar-refractivity contribution in [1.29, 1.82) is 0 Å². The zero-order valence-corrected chi connectivity index (χ0v) is 13.7. The van der Waals surface area contributed by atoms with Crippen molar-refractivity contribution < 1.29 is 120 Å². The molecule has 18 heavy (non-hydrogen) atoms. The summed E-state index contributed by atoms with van der Waals surface area (Å²) in [7, 11) is -4.92. The number of hydrogen-bond donors (Lipinski definition) is 0. The van der Waals surface area contributed by atoms with E-state index in [1.54, 1.807) is 0 Å². The molecule has 0 radical (unpaired) electrons. The number of rotatable bonds is 6. The quantitative estimate of drug-likeness (QED) is 0.425. The molecule has 0 aromatic heterocycles. The van der Waals surface area contributed by atoms with E-state index in [1.165, 1.54) is 0 Å². The molecule has 10 N–H and O–H groups in total. The van der Waals surface area contributed by atoms with Gasteiger partial charge in [-0.2, -0.15) is 0 Å². The van der Waals surface area contributed by atoms with E-state index in [-0.39, 0.29) is 101 Å². The average molecular weight is 291 g/mol. The first-order chi connectivity index (χ1) is 5.20. The van der Waals surface area contributed by atoms with Crippen molar-refractivity contribution in [3.8, 4) is 0 Å². The summed E-state index contributed by atoms with van der Waals surface area (Å²) in [6.07, 6.45) is 0. The third-order valence-corrected chi connectivity index (χ3v) is 0.556. The van der Waals surface area contributed by atoms with Crippen LogP contribution in [0.4, 0.5) is 0 Å². The number of hydrogen-bond acceptors (Lipinski definition) is 7. The predicted molar refractivity (Wildman–Crippen MR) is 45.7 cm³/mol. The van der Waals surface area contributed by atoms with Gasteiger partial charge in [-0.15, -0.1) is 0 Å². The van der Waals surface area contributed by atoms with Crippen LogP contribution in [0.5, 0.6) is 0 Å². The monoisotopic (exact) mass is 292 g/mol. The minimum Gasteiger partial charge on any atom is 1.00 e. The summed E-state index contributed by atoms with van der Waals surface area (Å²) in [5.74, 6) is 0. The predicted octanol–water partition coefficient (Wildman–Crippen LogP) is -14.5. The Labute approximate surface area is 148 Å². The first-order valence-electron chi connectivity index (χ1n) is 2.36. The van der Waals surface area contributed by atoms with Crippen LogP contribution in [0.3, 0.4) is 0 Å². The van der Waals surface area contributed by atoms with Crippen LogP contribution in [-0.2, 0) is 23.1 Å². The van der Waals surface area contributed by atoms with E-state index in [4.69, 9.17) is 0 Å². The molecule has 0 fully saturated rings. The fourth-order valence-corrected chi connectivity index (χ4v) is 0.246. The Morgan fingerprint density at radius 2 is 0.944 bits per heavy atom. The van der Waals surface area contributed by atoms with Crippen molar-refractivity contribution in [2.75, 3.05) is 0 Å². The van der Waals surface area contributed by atoms with E-state index in [9.17, 15) is 19.5 Å². The Kier molecular flexibility index (Phi) is 102. The molecule has 0 heterocycles. The second-order valence-corrected chi connectivity index (χ2v) is 1.18. The smallest absolute Gasteiger partial charge is 1.00 e. The van der Waals surface area contributed by atoms with Gasteiger partial charge in [-0.25, -0.2) is 0 Å². The van der Waals surface area contributed by atoms with Crippen LogP contribution in [0.25, 0.3) is 0 Å². The Balaban J connectivity index is -0.0000000238. The second kappa shape index (κ2) is 36.2. The minimum atomic E-state index is -2.27. The molecule has 18 heteroatoms. The van der Waals surface area contributed by atoms with Gasteiger partial charge < -0.3 is 27.4 Å². The summed E-state index contributed by atoms with van der Waals surface area (Å²) >= 11 is 0. The van der Waals surface area contributed by atoms with Crippen molar-refractivity contribution in [3.05, 3.63) is 0 Å². The van der Waals surface area contributed by atoms with E-state index in [2.05, 4.69) is 13.7 Å². The minimum absolute atomic E-state index is 0. The van der Waals surface area contributed by atoms with Crippen LogP contribution < -0.4 is 69.2 Å². The standard InChI is InChI=1S/B4O7.2Na.5H2O/c5-1-9-3(7)11-4(8)10-2-6;;;;;;;/h;;;5*1H2/q-2;2*+1;;;;;. The van der Waals surface area contributed by atoms with E-state index < -0.39 is 14.6 Å². The van der Waals surface area contributed by atoms with E-state index in [0.29, 0.717) is 0 Å². The molecule has 96 valence electrons. The zero-order valence-electron chi connectivity index (χ0n) is 9.67. The molecular weight excluding hydrogens is 281 g/mol. The maximum Gasteiger partial charge on any atom is 1.00 e. The van der Waals surface area contributed by atoms with Crippen molar-refractivity contribution in [2.24, 2.45) is 0 Å². The molecule has 0 amide bonds. The Morgan fingerprint density at radius 1 is 0.722 bits per heavy atom. The normalized spacial score (nSPS) is 4.56. The van der Waals surface area contributed by atoms with Crippen LogP contribution in [0.1, 0.15) is 0 Å². The molecular formula is H10B4Na2O12. The van der Waals surface area contributed by atoms with Crippen molar-refractivity contribution in [3.63, 3.8) is 0 Å². The molecule has 0 rings (SSSR count). The van der Waals surface area contributed by atoms with Gasteiger partial charge in [-0.1, -0.05) is 0 Å². The first kappa shape index (κ1) is 50.8. The van der Waals surface area contributed by atoms with Gasteiger partial charge in [0.25, 0.3) is 0 Å². The van der Waals surface area contributed by atoms with Crippen molar-refractivity contribution in [1.82, 2.24) is 0 Å². The maximum atomic E-state index is 10.1. The Morgan fingerprint density at radius 3 is 1.11 bits per heavy atom. The molecule has 0 aromatic carbocycles. The van der Waals surface area contributed by atoms with E-state index in [1.807, 2.05) is 0 Å². The summed E-state index contributed by atoms with van der Waals surface area (Å²) in [6.45, 7) is 0. The summed E-state index contributed by atoms with van der Waals surface area (Å²) in [4.78, 5) is 0. The molecule has 12 nitrogen and oxygen atoms in total. The van der Waals surface area contributed by atoms with E-state index >= 15 is 0 Å². The summed E-state index contributed by atoms with van der Waals surface area (Å²) < 4.78 is 29.8. The molecule has 0 unspecified atom stereocenters. The second-order valence-electron chi connectivity index (χ2n) is 1.18. The van der Waals surface area contributed by atoms with Crippen LogP contribution in [0, 0.1) is 0 Å². The summed E-state index contributed by atoms with van der Waals surface area (Å²) in [5, 5.41) is 20.3. The third kappa shape index (κ3) is 36.0. The Bertz CT molecular complexity index is 121. The molecule has 0 saturated carbocycles. The van der Waals surface area contributed by atoms with Crippen LogP contribution in [0.2, 0.25) is 0 Å². The maximum absolute atomic E-state index is 10.1. The largest absolute Gasteiger partial charge is 1.00 e. The van der Waals surface area contributed by atoms with Crippen molar-refractivity contribution >= 4 is 29.3 Å². The summed E-state index contributed by atoms with van der Waals surface area (Å²) in [5.41, 5.74) is 0. The Hall–Kier alpha value is 1.14. The van der Waals surface area contributed by atoms with Crippen molar-refractivity contribution in [2.45, 2.75) is 0 Å². The van der Waals surface area contributed by atoms with Gasteiger partial charge in [0.15, 0.2) is 0 Å². The van der Waals surface area contributed by atoms with Gasteiger partial charge in [0.2, 0.25) is 0 Å². The van der Waals surface area contributed by atoms with Gasteiger partial charge in [0, 0.05) is 0 Å². The molecule has 0 atom stereocenters. The molecule has 0 aliphatic rings. The van der Waals surface area contributed by atoms with Gasteiger partial charge in [-0.05, 0) is 0 Å². The molecule has 0 saturated heterocycles. The first-order valence-corrected chi connectivity index (χ1v) is 2.36. The fourth-order valence-electron chi connectivity index (χ4n) is 0.246. The molecule has 0 spiro atoms. The third-order valence-electron chi connectivity index (χ3n) is 0.556. The topological polar surface area (TPSA) is 265 Å². The molecule has 0 bridgehead atoms. The average Bonchev–Trinajstić information content (AvgIpc) is 1.87. The van der Waals surface area contributed by atoms with Crippen LogP contribution in [0.15, 0.2) is 0 Å². The van der Waals surface area contributed by atoms with Crippen LogP contribution in [-0.4, -0.2) is 56.7 Å². The van der Waals surface area contributed by atoms with Gasteiger partial charge in [0.05, 0.1) is 0 Å². The molecule has 0 aliphatic carbocycles.